The number of primary amides is 1. The van der Waals surface area contributed by atoms with E-state index in [2.05, 4.69) is 15.1 Å². The monoisotopic (exact) mass is 320 g/mol. The van der Waals surface area contributed by atoms with Crippen LogP contribution in [0.5, 0.6) is 0 Å². The zero-order valence-corrected chi connectivity index (χ0v) is 13.1. The van der Waals surface area contributed by atoms with Crippen molar-refractivity contribution >= 4 is 34.1 Å². The van der Waals surface area contributed by atoms with Crippen LogP contribution < -0.4 is 10.6 Å². The number of nitrogens with two attached hydrogens (primary N) is 1. The number of anilines is 1. The molecule has 5 nitrogen and oxygen atoms in total. The lowest BCUT2D eigenvalue weighted by Gasteiger charge is -2.10. The Morgan fingerprint density at radius 1 is 1.33 bits per heavy atom. The predicted octanol–water partition coefficient (Wildman–Crippen LogP) is 2.53. The Morgan fingerprint density at radius 3 is 2.90 bits per heavy atom. The molecule has 0 aliphatic carbocycles. The highest BCUT2D eigenvalue weighted by Gasteiger charge is 2.16. The number of hydrogen-bond acceptors (Lipinski definition) is 6. The van der Waals surface area contributed by atoms with Crippen molar-refractivity contribution in [1.82, 2.24) is 10.2 Å². The summed E-state index contributed by atoms with van der Waals surface area (Å²) >= 11 is 3.27. The van der Waals surface area contributed by atoms with E-state index in [4.69, 9.17) is 5.73 Å². The van der Waals surface area contributed by atoms with Crippen LogP contribution in [0, 0.1) is 0 Å². The Bertz CT molecular complexity index is 637. The molecule has 1 fully saturated rings. The smallest absolute Gasteiger partial charge is 0.248 e. The van der Waals surface area contributed by atoms with Gasteiger partial charge in [-0.3, -0.25) is 4.79 Å². The van der Waals surface area contributed by atoms with Crippen molar-refractivity contribution in [1.29, 1.82) is 0 Å². The van der Waals surface area contributed by atoms with Gasteiger partial charge in [0.05, 0.1) is 0 Å². The van der Waals surface area contributed by atoms with Gasteiger partial charge < -0.3 is 10.6 Å². The largest absolute Gasteiger partial charge is 0.366 e. The molecule has 3 rings (SSSR count). The molecule has 0 unspecified atom stereocenters. The topological polar surface area (TPSA) is 72.1 Å². The highest BCUT2D eigenvalue weighted by Crippen LogP contribution is 2.31. The predicted molar refractivity (Wildman–Crippen MR) is 85.9 cm³/mol. The summed E-state index contributed by atoms with van der Waals surface area (Å²) in [5, 5.41) is 9.50. The van der Waals surface area contributed by atoms with Crippen LogP contribution in [0.25, 0.3) is 0 Å². The number of rotatable bonds is 5. The number of amides is 1. The van der Waals surface area contributed by atoms with Gasteiger partial charge in [-0.05, 0) is 30.5 Å². The van der Waals surface area contributed by atoms with Crippen LogP contribution in [0.2, 0.25) is 0 Å². The normalized spacial score (nSPS) is 14.6. The van der Waals surface area contributed by atoms with Crippen molar-refractivity contribution < 1.29 is 4.79 Å². The first-order valence-electron chi connectivity index (χ1n) is 6.82. The van der Waals surface area contributed by atoms with E-state index in [1.165, 1.54) is 12.8 Å². The van der Waals surface area contributed by atoms with Gasteiger partial charge in [-0.25, -0.2) is 0 Å². The summed E-state index contributed by atoms with van der Waals surface area (Å²) in [5.41, 5.74) is 6.90. The molecule has 2 heterocycles. The van der Waals surface area contributed by atoms with Gasteiger partial charge >= 0.3 is 0 Å². The molecule has 0 radical (unpaired) electrons. The van der Waals surface area contributed by atoms with Crippen LogP contribution in [0.4, 0.5) is 5.13 Å². The second-order valence-corrected chi connectivity index (χ2v) is 7.08. The average molecular weight is 320 g/mol. The van der Waals surface area contributed by atoms with E-state index in [0.29, 0.717) is 5.56 Å². The molecule has 1 amide bonds. The molecule has 0 bridgehead atoms. The highest BCUT2D eigenvalue weighted by molar-refractivity contribution is 8.00. The summed E-state index contributed by atoms with van der Waals surface area (Å²) in [5.74, 6) is 0.365. The summed E-state index contributed by atoms with van der Waals surface area (Å²) < 4.78 is 0.960. The fourth-order valence-electron chi connectivity index (χ4n) is 2.26. The lowest BCUT2D eigenvalue weighted by atomic mass is 10.1. The lowest BCUT2D eigenvalue weighted by Crippen LogP contribution is -2.17. The van der Waals surface area contributed by atoms with E-state index in [1.807, 2.05) is 18.2 Å². The highest BCUT2D eigenvalue weighted by atomic mass is 32.2. The number of benzene rings is 1. The van der Waals surface area contributed by atoms with Crippen molar-refractivity contribution in [2.75, 3.05) is 18.0 Å². The molecule has 0 atom stereocenters. The van der Waals surface area contributed by atoms with Gasteiger partial charge in [-0.2, -0.15) is 0 Å². The van der Waals surface area contributed by atoms with Crippen LogP contribution in [0.3, 0.4) is 0 Å². The van der Waals surface area contributed by atoms with E-state index in [0.717, 1.165) is 33.9 Å². The maximum absolute atomic E-state index is 11.2. The van der Waals surface area contributed by atoms with Crippen molar-refractivity contribution in [3.63, 3.8) is 0 Å². The average Bonchev–Trinajstić information content (AvgIpc) is 3.16. The third kappa shape index (κ3) is 3.54. The Kier molecular flexibility index (Phi) is 4.40. The van der Waals surface area contributed by atoms with Gasteiger partial charge in [0.25, 0.3) is 0 Å². The number of nitrogens with zero attached hydrogens (tertiary/aromatic N) is 3. The number of carbonyl (C=O) groups is 1. The van der Waals surface area contributed by atoms with Crippen molar-refractivity contribution in [2.45, 2.75) is 22.9 Å². The molecule has 1 saturated heterocycles. The van der Waals surface area contributed by atoms with E-state index < -0.39 is 5.91 Å². The zero-order valence-electron chi connectivity index (χ0n) is 11.5. The summed E-state index contributed by atoms with van der Waals surface area (Å²) in [7, 11) is 0. The van der Waals surface area contributed by atoms with Gasteiger partial charge in [0.2, 0.25) is 11.0 Å². The Hall–Kier alpha value is -1.60. The number of thioether (sulfide) groups is 1. The Morgan fingerprint density at radius 2 is 2.14 bits per heavy atom. The van der Waals surface area contributed by atoms with Gasteiger partial charge in [0.15, 0.2) is 4.34 Å². The maximum Gasteiger partial charge on any atom is 0.248 e. The molecule has 1 aliphatic heterocycles. The molecule has 2 aromatic rings. The fourth-order valence-corrected chi connectivity index (χ4v) is 4.09. The minimum atomic E-state index is -0.394. The third-order valence-corrected chi connectivity index (χ3v) is 5.53. The van der Waals surface area contributed by atoms with Crippen LogP contribution in [-0.4, -0.2) is 29.2 Å². The molecule has 110 valence electrons. The molecule has 0 spiro atoms. The van der Waals surface area contributed by atoms with E-state index in [1.54, 1.807) is 29.2 Å². The third-order valence-electron chi connectivity index (χ3n) is 3.35. The molecule has 0 saturated carbocycles. The fraction of sp³-hybridized carbons (Fsp3) is 0.357. The first kappa shape index (κ1) is 14.3. The quantitative estimate of drug-likeness (QED) is 0.857. The Balaban J connectivity index is 1.62. The van der Waals surface area contributed by atoms with E-state index in [-0.39, 0.29) is 0 Å². The summed E-state index contributed by atoms with van der Waals surface area (Å²) in [6.07, 6.45) is 2.48. The molecule has 1 aromatic heterocycles. The van der Waals surface area contributed by atoms with Gasteiger partial charge in [-0.15, -0.1) is 10.2 Å². The number of carbonyl (C=O) groups excluding carboxylic acids is 1. The van der Waals surface area contributed by atoms with Crippen LogP contribution in [-0.2, 0) is 5.75 Å². The molecule has 1 aromatic carbocycles. The number of aromatic nitrogens is 2. The van der Waals surface area contributed by atoms with Crippen LogP contribution in [0.15, 0.2) is 28.6 Å². The second-order valence-electron chi connectivity index (χ2n) is 4.90. The van der Waals surface area contributed by atoms with Crippen LogP contribution in [0.1, 0.15) is 28.8 Å². The molecule has 1 aliphatic rings. The Labute approximate surface area is 131 Å². The molecule has 21 heavy (non-hydrogen) atoms. The van der Waals surface area contributed by atoms with Gasteiger partial charge in [0, 0.05) is 24.4 Å². The first-order valence-corrected chi connectivity index (χ1v) is 8.62. The molecule has 7 heteroatoms. The molecule has 2 N–H and O–H groups in total. The SMILES string of the molecule is NC(=O)c1cccc(CSc2nnc(N3CCCC3)s2)c1. The minimum Gasteiger partial charge on any atom is -0.366 e. The second kappa shape index (κ2) is 6.44. The lowest BCUT2D eigenvalue weighted by molar-refractivity contribution is 0.1000. The maximum atomic E-state index is 11.2. The first-order chi connectivity index (χ1) is 10.2. The van der Waals surface area contributed by atoms with Crippen molar-refractivity contribution in [2.24, 2.45) is 5.73 Å². The molecular weight excluding hydrogens is 304 g/mol. The summed E-state index contributed by atoms with van der Waals surface area (Å²) in [6, 6.07) is 7.40. The van der Waals surface area contributed by atoms with Crippen molar-refractivity contribution in [3.05, 3.63) is 35.4 Å². The summed E-state index contributed by atoms with van der Waals surface area (Å²) in [6.45, 7) is 2.17. The number of hydrogen-bond donors (Lipinski definition) is 1. The van der Waals surface area contributed by atoms with Crippen molar-refractivity contribution in [3.8, 4) is 0 Å². The van der Waals surface area contributed by atoms with Crippen LogP contribution >= 0.6 is 23.1 Å². The van der Waals surface area contributed by atoms with Gasteiger partial charge in [0.1, 0.15) is 0 Å². The molecular formula is C14H16N4OS2. The zero-order chi connectivity index (χ0) is 14.7. The van der Waals surface area contributed by atoms with Gasteiger partial charge in [-0.1, -0.05) is 35.2 Å². The van der Waals surface area contributed by atoms with E-state index in [9.17, 15) is 4.79 Å². The minimum absolute atomic E-state index is 0.394. The van der Waals surface area contributed by atoms with E-state index >= 15 is 0 Å². The standard InChI is InChI=1S/C14H16N4OS2/c15-12(19)11-5-3-4-10(8-11)9-20-14-17-16-13(21-14)18-6-1-2-7-18/h3-5,8H,1-2,6-7,9H2,(H2,15,19). The summed E-state index contributed by atoms with van der Waals surface area (Å²) in [4.78, 5) is 13.5.